The van der Waals surface area contributed by atoms with Gasteiger partial charge in [0, 0.05) is 24.8 Å². The Balaban J connectivity index is 1.86. The summed E-state index contributed by atoms with van der Waals surface area (Å²) >= 11 is 0. The number of likely N-dealkylation sites (N-methyl/N-ethyl adjacent to an activating group) is 1. The molecule has 0 atom stereocenters. The third kappa shape index (κ3) is 1.92. The Bertz CT molecular complexity index is 805. The number of aromatic nitrogens is 2. The number of halogens is 3. The minimum Gasteiger partial charge on any atom is -0.309 e. The molecule has 7 heteroatoms. The van der Waals surface area contributed by atoms with Gasteiger partial charge < -0.3 is 4.90 Å². The first-order valence-corrected chi connectivity index (χ1v) is 7.46. The summed E-state index contributed by atoms with van der Waals surface area (Å²) in [4.78, 5) is 12.5. The largest absolute Gasteiger partial charge is 0.352 e. The number of hydrogen-bond acceptors (Lipinski definition) is 2. The smallest absolute Gasteiger partial charge is 0.309 e. The molecule has 1 aromatic heterocycles. The quantitative estimate of drug-likeness (QED) is 0.809. The second-order valence-corrected chi connectivity index (χ2v) is 5.99. The van der Waals surface area contributed by atoms with Crippen molar-refractivity contribution in [1.82, 2.24) is 9.78 Å². The second-order valence-electron chi connectivity index (χ2n) is 5.99. The fraction of sp³-hybridized carbons (Fsp3) is 0.375. The summed E-state index contributed by atoms with van der Waals surface area (Å²) in [6.07, 6.45) is 2.95. The van der Waals surface area contributed by atoms with Crippen molar-refractivity contribution in [1.29, 1.82) is 0 Å². The molecular formula is C16H14F3N3O. The number of rotatable bonds is 1. The molecule has 0 N–H and O–H groups in total. The minimum absolute atomic E-state index is 0.0300. The Morgan fingerprint density at radius 3 is 2.74 bits per heavy atom. The zero-order valence-corrected chi connectivity index (χ0v) is 12.4. The van der Waals surface area contributed by atoms with E-state index in [-0.39, 0.29) is 11.3 Å². The first-order valence-electron chi connectivity index (χ1n) is 7.46. The van der Waals surface area contributed by atoms with Crippen LogP contribution in [0.15, 0.2) is 18.2 Å². The van der Waals surface area contributed by atoms with Gasteiger partial charge in [-0.3, -0.25) is 9.48 Å². The van der Waals surface area contributed by atoms with Gasteiger partial charge in [0.05, 0.1) is 16.9 Å². The van der Waals surface area contributed by atoms with Crippen molar-refractivity contribution in [2.45, 2.75) is 31.7 Å². The molecule has 0 aliphatic carbocycles. The van der Waals surface area contributed by atoms with E-state index >= 15 is 0 Å². The van der Waals surface area contributed by atoms with E-state index in [1.54, 1.807) is 6.07 Å². The molecule has 0 radical (unpaired) electrons. The molecule has 0 bridgehead atoms. The van der Waals surface area contributed by atoms with Gasteiger partial charge in [0.15, 0.2) is 0 Å². The van der Waals surface area contributed by atoms with Crippen LogP contribution < -0.4 is 4.90 Å². The van der Waals surface area contributed by atoms with Gasteiger partial charge in [0.25, 0.3) is 0 Å². The van der Waals surface area contributed by atoms with Crippen LogP contribution in [0.1, 0.15) is 24.1 Å². The molecule has 1 amide bonds. The molecule has 1 aromatic carbocycles. The lowest BCUT2D eigenvalue weighted by Gasteiger charge is -2.12. The monoisotopic (exact) mass is 321 g/mol. The number of amides is 1. The maximum atomic E-state index is 14.4. The van der Waals surface area contributed by atoms with E-state index < -0.39 is 23.2 Å². The van der Waals surface area contributed by atoms with Crippen LogP contribution in [-0.2, 0) is 23.7 Å². The van der Waals surface area contributed by atoms with Gasteiger partial charge in [-0.05, 0) is 37.5 Å². The molecule has 2 aromatic rings. The van der Waals surface area contributed by atoms with Crippen LogP contribution in [0.5, 0.6) is 0 Å². The summed E-state index contributed by atoms with van der Waals surface area (Å²) in [6, 6.07) is 3.83. The highest BCUT2D eigenvalue weighted by atomic mass is 19.3. The lowest BCUT2D eigenvalue weighted by atomic mass is 10.0. The summed E-state index contributed by atoms with van der Waals surface area (Å²) in [7, 11) is 1.27. The Morgan fingerprint density at radius 2 is 2.00 bits per heavy atom. The van der Waals surface area contributed by atoms with Gasteiger partial charge in [-0.15, -0.1) is 0 Å². The molecule has 0 fully saturated rings. The van der Waals surface area contributed by atoms with E-state index in [2.05, 4.69) is 5.10 Å². The Morgan fingerprint density at radius 1 is 1.22 bits per heavy atom. The summed E-state index contributed by atoms with van der Waals surface area (Å²) in [5, 5.41) is 4.37. The third-order valence-corrected chi connectivity index (χ3v) is 4.55. The molecule has 4 nitrogen and oxygen atoms in total. The maximum absolute atomic E-state index is 14.4. The summed E-state index contributed by atoms with van der Waals surface area (Å²) in [6.45, 7) is 0.776. The van der Waals surface area contributed by atoms with E-state index in [4.69, 9.17) is 0 Å². The highest BCUT2D eigenvalue weighted by molar-refractivity contribution is 6.06. The second kappa shape index (κ2) is 4.59. The van der Waals surface area contributed by atoms with Gasteiger partial charge >= 0.3 is 11.8 Å². The van der Waals surface area contributed by atoms with E-state index in [9.17, 15) is 18.0 Å². The molecular weight excluding hydrogens is 307 g/mol. The van der Waals surface area contributed by atoms with Crippen molar-refractivity contribution in [2.24, 2.45) is 0 Å². The maximum Gasteiger partial charge on any atom is 0.352 e. The molecule has 120 valence electrons. The molecule has 0 saturated carbocycles. The van der Waals surface area contributed by atoms with E-state index in [1.165, 1.54) is 13.1 Å². The van der Waals surface area contributed by atoms with Crippen LogP contribution in [0.3, 0.4) is 0 Å². The van der Waals surface area contributed by atoms with Crippen LogP contribution in [0, 0.1) is 5.82 Å². The van der Waals surface area contributed by atoms with Crippen molar-refractivity contribution in [3.8, 4) is 11.3 Å². The number of alkyl halides is 2. The first kappa shape index (κ1) is 14.3. The third-order valence-electron chi connectivity index (χ3n) is 4.55. The lowest BCUT2D eigenvalue weighted by molar-refractivity contribution is -0.141. The number of fused-ring (bicyclic) bond motifs is 2. The first-order chi connectivity index (χ1) is 10.9. The molecule has 0 spiro atoms. The molecule has 2 aliphatic rings. The highest BCUT2D eigenvalue weighted by Gasteiger charge is 2.52. The van der Waals surface area contributed by atoms with Gasteiger partial charge in [0.1, 0.15) is 5.82 Å². The SMILES string of the molecule is CN1C(=O)C(F)(F)c2cc(F)c(-c3cc4n(n3)CCCC4)cc21. The summed E-state index contributed by atoms with van der Waals surface area (Å²) in [5.74, 6) is -5.81. The molecule has 0 unspecified atom stereocenters. The van der Waals surface area contributed by atoms with E-state index in [0.717, 1.165) is 42.5 Å². The van der Waals surface area contributed by atoms with Crippen molar-refractivity contribution >= 4 is 11.6 Å². The predicted octanol–water partition coefficient (Wildman–Crippen LogP) is 3.09. The summed E-state index contributed by atoms with van der Waals surface area (Å²) in [5.41, 5.74) is 1.01. The normalized spacial score (nSPS) is 19.0. The van der Waals surface area contributed by atoms with Crippen LogP contribution in [0.25, 0.3) is 11.3 Å². The van der Waals surface area contributed by atoms with Crippen molar-refractivity contribution in [2.75, 3.05) is 11.9 Å². The number of anilines is 1. The Hall–Kier alpha value is -2.31. The number of hydrogen-bond donors (Lipinski definition) is 0. The van der Waals surface area contributed by atoms with E-state index in [0.29, 0.717) is 5.69 Å². The van der Waals surface area contributed by atoms with Crippen molar-refractivity contribution in [3.05, 3.63) is 35.3 Å². The number of carbonyl (C=O) groups excluding carboxylic acids is 1. The van der Waals surface area contributed by atoms with Crippen LogP contribution in [-0.4, -0.2) is 22.7 Å². The minimum atomic E-state index is -3.68. The van der Waals surface area contributed by atoms with Gasteiger partial charge in [0.2, 0.25) is 0 Å². The fourth-order valence-corrected chi connectivity index (χ4v) is 3.27. The fourth-order valence-electron chi connectivity index (χ4n) is 3.27. The lowest BCUT2D eigenvalue weighted by Crippen LogP contribution is -2.31. The Kier molecular flexibility index (Phi) is 2.86. The molecule has 4 rings (SSSR count). The van der Waals surface area contributed by atoms with Crippen molar-refractivity contribution in [3.63, 3.8) is 0 Å². The number of aryl methyl sites for hydroxylation is 2. The van der Waals surface area contributed by atoms with Gasteiger partial charge in [-0.25, -0.2) is 4.39 Å². The van der Waals surface area contributed by atoms with E-state index in [1.807, 2.05) is 4.68 Å². The topological polar surface area (TPSA) is 38.1 Å². The summed E-state index contributed by atoms with van der Waals surface area (Å²) < 4.78 is 44.0. The van der Waals surface area contributed by atoms with Crippen LogP contribution >= 0.6 is 0 Å². The molecule has 0 saturated heterocycles. The van der Waals surface area contributed by atoms with Crippen LogP contribution in [0.2, 0.25) is 0 Å². The number of benzene rings is 1. The average Bonchev–Trinajstić information content (AvgIpc) is 3.02. The van der Waals surface area contributed by atoms with Crippen LogP contribution in [0.4, 0.5) is 18.9 Å². The number of nitrogens with zero attached hydrogens (tertiary/aromatic N) is 3. The zero-order chi connectivity index (χ0) is 16.4. The molecule has 3 heterocycles. The predicted molar refractivity (Wildman–Crippen MR) is 77.9 cm³/mol. The highest BCUT2D eigenvalue weighted by Crippen LogP contribution is 2.45. The Labute approximate surface area is 130 Å². The van der Waals surface area contributed by atoms with Gasteiger partial charge in [-0.2, -0.15) is 13.9 Å². The zero-order valence-electron chi connectivity index (χ0n) is 12.4. The average molecular weight is 321 g/mol. The molecule has 23 heavy (non-hydrogen) atoms. The number of carbonyl (C=O) groups is 1. The molecule has 2 aliphatic heterocycles. The van der Waals surface area contributed by atoms with Gasteiger partial charge in [-0.1, -0.05) is 0 Å². The standard InChI is InChI=1S/C16H14F3N3O/c1-21-14-7-10(12(17)8-11(14)16(18,19)15(21)23)13-6-9-4-2-3-5-22(9)20-13/h6-8H,2-5H2,1H3. The van der Waals surface area contributed by atoms with Crippen molar-refractivity contribution < 1.29 is 18.0 Å².